The zero-order chi connectivity index (χ0) is 15.6. The largest absolute Gasteiger partial charge is 0.381 e. The molecule has 6 nitrogen and oxygen atoms in total. The van der Waals surface area contributed by atoms with Crippen LogP contribution in [0.25, 0.3) is 0 Å². The first-order valence-electron chi connectivity index (χ1n) is 6.30. The van der Waals surface area contributed by atoms with Crippen molar-refractivity contribution in [3.63, 3.8) is 0 Å². The minimum atomic E-state index is -3.40. The lowest BCUT2D eigenvalue weighted by molar-refractivity contribution is 0.588. The Morgan fingerprint density at radius 3 is 2.38 bits per heavy atom. The Kier molecular flexibility index (Phi) is 4.55. The van der Waals surface area contributed by atoms with Crippen LogP contribution in [0.5, 0.6) is 0 Å². The number of rotatable bonds is 5. The van der Waals surface area contributed by atoms with E-state index in [4.69, 9.17) is 11.6 Å². The molecule has 0 bridgehead atoms. The number of aromatic nitrogens is 2. The molecule has 0 aliphatic carbocycles. The summed E-state index contributed by atoms with van der Waals surface area (Å²) in [4.78, 5) is 0.228. The van der Waals surface area contributed by atoms with Crippen molar-refractivity contribution in [2.45, 2.75) is 18.4 Å². The molecule has 0 aliphatic rings. The molecule has 2 rings (SSSR count). The van der Waals surface area contributed by atoms with Crippen molar-refractivity contribution in [1.29, 1.82) is 0 Å². The molecule has 8 heteroatoms. The highest BCUT2D eigenvalue weighted by molar-refractivity contribution is 7.89. The second-order valence-corrected chi connectivity index (χ2v) is 6.81. The van der Waals surface area contributed by atoms with Crippen molar-refractivity contribution in [2.24, 2.45) is 7.05 Å². The van der Waals surface area contributed by atoms with E-state index in [2.05, 4.69) is 15.1 Å². The van der Waals surface area contributed by atoms with Gasteiger partial charge in [0, 0.05) is 24.8 Å². The molecule has 0 fully saturated rings. The second-order valence-electron chi connectivity index (χ2n) is 4.56. The summed E-state index contributed by atoms with van der Waals surface area (Å²) in [7, 11) is -0.233. The highest BCUT2D eigenvalue weighted by atomic mass is 35.5. The first-order valence-corrected chi connectivity index (χ1v) is 8.16. The third-order valence-corrected chi connectivity index (χ3v) is 5.08. The van der Waals surface area contributed by atoms with E-state index in [0.29, 0.717) is 11.7 Å². The molecule has 0 radical (unpaired) electrons. The third-order valence-electron chi connectivity index (χ3n) is 3.17. The van der Waals surface area contributed by atoms with Crippen LogP contribution in [0, 0.1) is 6.92 Å². The van der Waals surface area contributed by atoms with Gasteiger partial charge in [0.1, 0.15) is 5.15 Å². The summed E-state index contributed by atoms with van der Waals surface area (Å²) in [6.07, 6.45) is 0. The standard InChI is InChI=1S/C13H17ClN4O2S/c1-9-12(13(14)18(3)17-9)8-16-10-4-6-11(7-5-10)21(19,20)15-2/h4-7,15-16H,8H2,1-3H3. The molecule has 1 aromatic heterocycles. The van der Waals surface area contributed by atoms with Crippen molar-refractivity contribution in [3.05, 3.63) is 40.7 Å². The summed E-state index contributed by atoms with van der Waals surface area (Å²) in [6, 6.07) is 6.52. The number of sulfonamides is 1. The Bertz CT molecular complexity index is 738. The van der Waals surface area contributed by atoms with Gasteiger partial charge < -0.3 is 5.32 Å². The number of hydrogen-bond donors (Lipinski definition) is 2. The van der Waals surface area contributed by atoms with Gasteiger partial charge in [0.25, 0.3) is 0 Å². The Balaban J connectivity index is 2.11. The molecule has 114 valence electrons. The number of nitrogens with zero attached hydrogens (tertiary/aromatic N) is 2. The summed E-state index contributed by atoms with van der Waals surface area (Å²) in [6.45, 7) is 2.42. The molecule has 1 heterocycles. The van der Waals surface area contributed by atoms with Gasteiger partial charge in [-0.2, -0.15) is 5.10 Å². The highest BCUT2D eigenvalue weighted by Crippen LogP contribution is 2.20. The molecule has 1 aromatic carbocycles. The summed E-state index contributed by atoms with van der Waals surface area (Å²) in [5.74, 6) is 0. The Labute approximate surface area is 129 Å². The lowest BCUT2D eigenvalue weighted by Gasteiger charge is -2.08. The van der Waals surface area contributed by atoms with Gasteiger partial charge >= 0.3 is 0 Å². The van der Waals surface area contributed by atoms with Crippen LogP contribution in [0.1, 0.15) is 11.3 Å². The van der Waals surface area contributed by atoms with E-state index in [-0.39, 0.29) is 4.90 Å². The van der Waals surface area contributed by atoms with Crippen LogP contribution in [0.2, 0.25) is 5.15 Å². The Morgan fingerprint density at radius 1 is 1.29 bits per heavy atom. The zero-order valence-corrected chi connectivity index (χ0v) is 13.6. The second kappa shape index (κ2) is 6.05. The van der Waals surface area contributed by atoms with Gasteiger partial charge in [-0.15, -0.1) is 0 Å². The molecule has 0 atom stereocenters. The van der Waals surface area contributed by atoms with Crippen molar-refractivity contribution in [3.8, 4) is 0 Å². The minimum Gasteiger partial charge on any atom is -0.381 e. The van der Waals surface area contributed by atoms with E-state index < -0.39 is 10.0 Å². The van der Waals surface area contributed by atoms with Gasteiger partial charge in [0.05, 0.1) is 10.6 Å². The zero-order valence-electron chi connectivity index (χ0n) is 12.0. The van der Waals surface area contributed by atoms with E-state index in [1.54, 1.807) is 36.0 Å². The lowest BCUT2D eigenvalue weighted by atomic mass is 10.2. The molecule has 2 N–H and O–H groups in total. The number of halogens is 1. The Hall–Kier alpha value is -1.57. The van der Waals surface area contributed by atoms with Gasteiger partial charge in [0.15, 0.2) is 0 Å². The maximum absolute atomic E-state index is 11.6. The maximum atomic E-state index is 11.6. The maximum Gasteiger partial charge on any atom is 0.240 e. The van der Waals surface area contributed by atoms with Crippen molar-refractivity contribution in [1.82, 2.24) is 14.5 Å². The predicted octanol–water partition coefficient (Wildman–Crippen LogP) is 1.90. The summed E-state index contributed by atoms with van der Waals surface area (Å²) in [5, 5.41) is 8.03. The average Bonchev–Trinajstić information content (AvgIpc) is 2.71. The molecule has 0 aliphatic heterocycles. The molecule has 0 unspecified atom stereocenters. The van der Waals surface area contributed by atoms with Crippen molar-refractivity contribution < 1.29 is 8.42 Å². The van der Waals surface area contributed by atoms with E-state index >= 15 is 0 Å². The monoisotopic (exact) mass is 328 g/mol. The predicted molar refractivity (Wildman–Crippen MR) is 83.0 cm³/mol. The van der Waals surface area contributed by atoms with Gasteiger partial charge in [0.2, 0.25) is 10.0 Å². The van der Waals surface area contributed by atoms with Crippen molar-refractivity contribution >= 4 is 27.3 Å². The fraction of sp³-hybridized carbons (Fsp3) is 0.308. The number of anilines is 1. The topological polar surface area (TPSA) is 76.0 Å². The summed E-state index contributed by atoms with van der Waals surface area (Å²) in [5.41, 5.74) is 2.60. The number of hydrogen-bond acceptors (Lipinski definition) is 4. The fourth-order valence-corrected chi connectivity index (χ4v) is 2.91. The molecule has 0 amide bonds. The van der Waals surface area contributed by atoms with Crippen molar-refractivity contribution in [2.75, 3.05) is 12.4 Å². The van der Waals surface area contributed by atoms with Gasteiger partial charge in [-0.25, -0.2) is 13.1 Å². The number of benzene rings is 1. The van der Waals surface area contributed by atoms with Gasteiger partial charge in [-0.3, -0.25) is 4.68 Å². The highest BCUT2D eigenvalue weighted by Gasteiger charge is 2.12. The fourth-order valence-electron chi connectivity index (χ4n) is 1.93. The average molecular weight is 329 g/mol. The van der Waals surface area contributed by atoms with Crippen LogP contribution in [0.3, 0.4) is 0 Å². The van der Waals surface area contributed by atoms with Crippen LogP contribution in [-0.2, 0) is 23.6 Å². The lowest BCUT2D eigenvalue weighted by Crippen LogP contribution is -2.18. The first-order chi connectivity index (χ1) is 9.85. The Morgan fingerprint density at radius 2 is 1.90 bits per heavy atom. The minimum absolute atomic E-state index is 0.228. The van der Waals surface area contributed by atoms with Gasteiger partial charge in [-0.05, 0) is 38.2 Å². The van der Waals surface area contributed by atoms with Crippen LogP contribution in [0.15, 0.2) is 29.2 Å². The van der Waals surface area contributed by atoms with E-state index in [1.165, 1.54) is 7.05 Å². The SMILES string of the molecule is CNS(=O)(=O)c1ccc(NCc2c(C)nn(C)c2Cl)cc1. The van der Waals surface area contributed by atoms with Crippen LogP contribution >= 0.6 is 11.6 Å². The molecular formula is C13H17ClN4O2S. The third kappa shape index (κ3) is 3.37. The van der Waals surface area contributed by atoms with E-state index in [1.807, 2.05) is 6.92 Å². The number of aryl methyl sites for hydroxylation is 2. The van der Waals surface area contributed by atoms with Crippen LogP contribution < -0.4 is 10.0 Å². The summed E-state index contributed by atoms with van der Waals surface area (Å²) < 4.78 is 27.1. The normalized spacial score (nSPS) is 11.6. The van der Waals surface area contributed by atoms with Crippen LogP contribution in [-0.4, -0.2) is 25.2 Å². The molecule has 2 aromatic rings. The van der Waals surface area contributed by atoms with Gasteiger partial charge in [-0.1, -0.05) is 11.6 Å². The molecule has 0 saturated carbocycles. The quantitative estimate of drug-likeness (QED) is 0.879. The summed E-state index contributed by atoms with van der Waals surface area (Å²) >= 11 is 6.16. The van der Waals surface area contributed by atoms with E-state index in [0.717, 1.165) is 16.9 Å². The van der Waals surface area contributed by atoms with E-state index in [9.17, 15) is 8.42 Å². The smallest absolute Gasteiger partial charge is 0.240 e. The molecule has 0 spiro atoms. The van der Waals surface area contributed by atoms with Crippen LogP contribution in [0.4, 0.5) is 5.69 Å². The first kappa shape index (κ1) is 15.8. The molecule has 0 saturated heterocycles. The number of nitrogens with one attached hydrogen (secondary N) is 2. The molecular weight excluding hydrogens is 312 g/mol. The molecule has 21 heavy (non-hydrogen) atoms.